The summed E-state index contributed by atoms with van der Waals surface area (Å²) in [5.41, 5.74) is 2.00. The maximum atomic E-state index is 12.9. The molecule has 2 rings (SSSR count). The first-order valence-electron chi connectivity index (χ1n) is 8.12. The molecule has 0 saturated carbocycles. The number of likely N-dealkylation sites (N-methyl/N-ethyl adjacent to an activating group) is 1. The van der Waals surface area contributed by atoms with Crippen molar-refractivity contribution >= 4 is 11.8 Å². The molecule has 2 amide bonds. The second kappa shape index (κ2) is 7.77. The normalized spacial score (nSPS) is 11.8. The molecule has 0 aliphatic carbocycles. The number of nitrogens with one attached hydrogen (secondary N) is 1. The van der Waals surface area contributed by atoms with E-state index in [1.54, 1.807) is 16.6 Å². The maximum absolute atomic E-state index is 12.9. The lowest BCUT2D eigenvalue weighted by Gasteiger charge is -2.26. The quantitative estimate of drug-likeness (QED) is 0.883. The zero-order valence-electron chi connectivity index (χ0n) is 14.6. The molecule has 1 N–H and O–H groups in total. The lowest BCUT2D eigenvalue weighted by atomic mass is 10.0. The van der Waals surface area contributed by atoms with Gasteiger partial charge in [0.05, 0.1) is 11.8 Å². The van der Waals surface area contributed by atoms with E-state index in [0.29, 0.717) is 18.7 Å². The first-order valence-corrected chi connectivity index (χ1v) is 8.12. The first kappa shape index (κ1) is 17.7. The number of nitrogens with zero attached hydrogens (tertiary/aromatic N) is 3. The number of aryl methyl sites for hydroxylation is 1. The fourth-order valence-corrected chi connectivity index (χ4v) is 2.58. The highest BCUT2D eigenvalue weighted by Gasteiger charge is 2.27. The maximum Gasteiger partial charge on any atom is 0.255 e. The average Bonchev–Trinajstić information content (AvgIpc) is 2.93. The molecule has 1 aromatic heterocycles. The van der Waals surface area contributed by atoms with E-state index in [1.807, 2.05) is 51.1 Å². The molecular formula is C18H24N4O2. The molecular weight excluding hydrogens is 304 g/mol. The molecule has 1 heterocycles. The van der Waals surface area contributed by atoms with Crippen LogP contribution in [0.15, 0.2) is 36.5 Å². The van der Waals surface area contributed by atoms with Crippen molar-refractivity contribution in [2.45, 2.75) is 26.8 Å². The lowest BCUT2D eigenvalue weighted by Crippen LogP contribution is -2.43. The molecule has 0 aliphatic heterocycles. The van der Waals surface area contributed by atoms with Gasteiger partial charge in [0.1, 0.15) is 6.04 Å². The summed E-state index contributed by atoms with van der Waals surface area (Å²) in [5, 5.41) is 6.96. The standard InChI is InChI=1S/C18H24N4O2/c1-5-22(6-2)18(24)16(14-10-8-7-9-11-14)20-17(23)15-12-19-21(4)13(15)3/h7-12,16H,5-6H2,1-4H3,(H,20,23). The van der Waals surface area contributed by atoms with Gasteiger partial charge in [0.2, 0.25) is 5.91 Å². The number of carbonyl (C=O) groups excluding carboxylic acids is 2. The molecule has 1 unspecified atom stereocenters. The highest BCUT2D eigenvalue weighted by Crippen LogP contribution is 2.17. The van der Waals surface area contributed by atoms with Gasteiger partial charge in [0.25, 0.3) is 5.91 Å². The summed E-state index contributed by atoms with van der Waals surface area (Å²) < 4.78 is 1.64. The second-order valence-corrected chi connectivity index (χ2v) is 5.59. The van der Waals surface area contributed by atoms with E-state index in [9.17, 15) is 9.59 Å². The van der Waals surface area contributed by atoms with Crippen LogP contribution >= 0.6 is 0 Å². The summed E-state index contributed by atoms with van der Waals surface area (Å²) in [6.45, 7) is 6.87. The van der Waals surface area contributed by atoms with E-state index in [0.717, 1.165) is 11.3 Å². The van der Waals surface area contributed by atoms with Crippen molar-refractivity contribution in [1.29, 1.82) is 0 Å². The summed E-state index contributed by atoms with van der Waals surface area (Å²) in [4.78, 5) is 27.2. The Balaban J connectivity index is 2.31. The Bertz CT molecular complexity index is 705. The number of amides is 2. The summed E-state index contributed by atoms with van der Waals surface area (Å²) in [7, 11) is 1.78. The van der Waals surface area contributed by atoms with Crippen molar-refractivity contribution in [2.75, 3.05) is 13.1 Å². The number of carbonyl (C=O) groups is 2. The van der Waals surface area contributed by atoms with Crippen LogP contribution in [0.3, 0.4) is 0 Å². The van der Waals surface area contributed by atoms with E-state index >= 15 is 0 Å². The molecule has 0 aliphatic rings. The zero-order valence-corrected chi connectivity index (χ0v) is 14.6. The van der Waals surface area contributed by atoms with Gasteiger partial charge in [-0.15, -0.1) is 0 Å². The Labute approximate surface area is 142 Å². The van der Waals surface area contributed by atoms with Crippen LogP contribution in [0.4, 0.5) is 0 Å². The number of benzene rings is 1. The number of rotatable bonds is 6. The van der Waals surface area contributed by atoms with Gasteiger partial charge in [-0.2, -0.15) is 5.10 Å². The second-order valence-electron chi connectivity index (χ2n) is 5.59. The summed E-state index contributed by atoms with van der Waals surface area (Å²) in [6.07, 6.45) is 1.52. The molecule has 1 aromatic carbocycles. The third kappa shape index (κ3) is 3.64. The van der Waals surface area contributed by atoms with E-state index in [-0.39, 0.29) is 11.8 Å². The predicted octanol–water partition coefficient (Wildman–Crippen LogP) is 2.07. The molecule has 128 valence electrons. The Morgan fingerprint density at radius 1 is 1.21 bits per heavy atom. The van der Waals surface area contributed by atoms with Gasteiger partial charge in [0, 0.05) is 25.8 Å². The molecule has 0 fully saturated rings. The largest absolute Gasteiger partial charge is 0.341 e. The fraction of sp³-hybridized carbons (Fsp3) is 0.389. The van der Waals surface area contributed by atoms with Gasteiger partial charge in [-0.05, 0) is 26.3 Å². The third-order valence-corrected chi connectivity index (χ3v) is 4.21. The number of hydrogen-bond donors (Lipinski definition) is 1. The lowest BCUT2D eigenvalue weighted by molar-refractivity contribution is -0.133. The minimum atomic E-state index is -0.710. The molecule has 0 spiro atoms. The minimum Gasteiger partial charge on any atom is -0.341 e. The van der Waals surface area contributed by atoms with Gasteiger partial charge in [-0.25, -0.2) is 0 Å². The Morgan fingerprint density at radius 3 is 2.33 bits per heavy atom. The highest BCUT2D eigenvalue weighted by atomic mass is 16.2. The van der Waals surface area contributed by atoms with Crippen LogP contribution in [-0.4, -0.2) is 39.6 Å². The monoisotopic (exact) mass is 328 g/mol. The summed E-state index contributed by atoms with van der Waals surface area (Å²) in [6, 6.07) is 8.59. The van der Waals surface area contributed by atoms with Gasteiger partial charge in [-0.3, -0.25) is 14.3 Å². The van der Waals surface area contributed by atoms with Crippen molar-refractivity contribution in [2.24, 2.45) is 7.05 Å². The van der Waals surface area contributed by atoms with Crippen LogP contribution < -0.4 is 5.32 Å². The Hall–Kier alpha value is -2.63. The number of hydrogen-bond acceptors (Lipinski definition) is 3. The van der Waals surface area contributed by atoms with E-state index in [4.69, 9.17) is 0 Å². The third-order valence-electron chi connectivity index (χ3n) is 4.21. The van der Waals surface area contributed by atoms with Gasteiger partial charge >= 0.3 is 0 Å². The SMILES string of the molecule is CCN(CC)C(=O)C(NC(=O)c1cnn(C)c1C)c1ccccc1. The van der Waals surface area contributed by atoms with Crippen molar-refractivity contribution < 1.29 is 9.59 Å². The molecule has 0 saturated heterocycles. The summed E-state index contributed by atoms with van der Waals surface area (Å²) in [5.74, 6) is -0.406. The van der Waals surface area contributed by atoms with Crippen molar-refractivity contribution in [3.05, 3.63) is 53.3 Å². The van der Waals surface area contributed by atoms with Crippen LogP contribution in [0.5, 0.6) is 0 Å². The summed E-state index contributed by atoms with van der Waals surface area (Å²) >= 11 is 0. The zero-order chi connectivity index (χ0) is 17.7. The fourth-order valence-electron chi connectivity index (χ4n) is 2.58. The molecule has 0 radical (unpaired) electrons. The van der Waals surface area contributed by atoms with E-state index in [1.165, 1.54) is 6.20 Å². The van der Waals surface area contributed by atoms with E-state index < -0.39 is 6.04 Å². The molecule has 1 atom stereocenters. The Morgan fingerprint density at radius 2 is 1.83 bits per heavy atom. The van der Waals surface area contributed by atoms with Crippen molar-refractivity contribution in [3.8, 4) is 0 Å². The van der Waals surface area contributed by atoms with Crippen LogP contribution in [0.25, 0.3) is 0 Å². The molecule has 6 heteroatoms. The van der Waals surface area contributed by atoms with E-state index in [2.05, 4.69) is 10.4 Å². The van der Waals surface area contributed by atoms with Gasteiger partial charge in [-0.1, -0.05) is 30.3 Å². The Kier molecular flexibility index (Phi) is 5.73. The van der Waals surface area contributed by atoms with Gasteiger partial charge in [0.15, 0.2) is 0 Å². The topological polar surface area (TPSA) is 67.2 Å². The van der Waals surface area contributed by atoms with Crippen molar-refractivity contribution in [3.63, 3.8) is 0 Å². The average molecular weight is 328 g/mol. The highest BCUT2D eigenvalue weighted by molar-refractivity contribution is 5.98. The van der Waals surface area contributed by atoms with Gasteiger partial charge < -0.3 is 10.2 Å². The minimum absolute atomic E-state index is 0.110. The first-order chi connectivity index (χ1) is 11.5. The molecule has 6 nitrogen and oxygen atoms in total. The predicted molar refractivity (Wildman–Crippen MR) is 92.5 cm³/mol. The number of aromatic nitrogens is 2. The molecule has 2 aromatic rings. The molecule has 0 bridgehead atoms. The van der Waals surface area contributed by atoms with Crippen LogP contribution in [0, 0.1) is 6.92 Å². The molecule has 24 heavy (non-hydrogen) atoms. The van der Waals surface area contributed by atoms with Crippen molar-refractivity contribution in [1.82, 2.24) is 20.0 Å². The van der Waals surface area contributed by atoms with Crippen LogP contribution in [0.2, 0.25) is 0 Å². The van der Waals surface area contributed by atoms with Crippen LogP contribution in [0.1, 0.15) is 41.5 Å². The van der Waals surface area contributed by atoms with Crippen LogP contribution in [-0.2, 0) is 11.8 Å². The smallest absolute Gasteiger partial charge is 0.255 e.